The Bertz CT molecular complexity index is 198. The molecule has 0 aromatic heterocycles. The molecule has 5 heteroatoms. The number of rotatable bonds is 6. The first kappa shape index (κ1) is 11.8. The van der Waals surface area contributed by atoms with Crippen LogP contribution in [-0.4, -0.2) is 43.7 Å². The largest absolute Gasteiger partial charge is 0.383 e. The molecule has 0 aromatic carbocycles. The van der Waals surface area contributed by atoms with E-state index in [1.807, 2.05) is 6.20 Å². The molecule has 1 unspecified atom stereocenters. The van der Waals surface area contributed by atoms with Crippen LogP contribution in [0.3, 0.4) is 0 Å². The third kappa shape index (κ3) is 3.16. The smallest absolute Gasteiger partial charge is 0.132 e. The van der Waals surface area contributed by atoms with E-state index in [0.717, 1.165) is 19.7 Å². The molecule has 0 saturated carbocycles. The lowest BCUT2D eigenvalue weighted by Gasteiger charge is -2.26. The highest BCUT2D eigenvalue weighted by Gasteiger charge is 2.21. The highest BCUT2D eigenvalue weighted by molar-refractivity contribution is 8.03. The number of ether oxygens (including phenoxy) is 1. The Labute approximate surface area is 89.8 Å². The van der Waals surface area contributed by atoms with Crippen LogP contribution in [0.25, 0.3) is 0 Å². The molecule has 0 amide bonds. The van der Waals surface area contributed by atoms with Crippen molar-refractivity contribution in [2.45, 2.75) is 12.4 Å². The summed E-state index contributed by atoms with van der Waals surface area (Å²) in [5.41, 5.74) is 5.89. The maximum Gasteiger partial charge on any atom is 0.132 e. The molecule has 1 atom stereocenters. The minimum atomic E-state index is 0.327. The van der Waals surface area contributed by atoms with Gasteiger partial charge in [0.15, 0.2) is 0 Å². The zero-order chi connectivity index (χ0) is 10.4. The summed E-state index contributed by atoms with van der Waals surface area (Å²) in [4.78, 5) is 3.54. The normalized spacial score (nSPS) is 21.1. The van der Waals surface area contributed by atoms with Gasteiger partial charge in [-0.2, -0.15) is 0 Å². The fraction of sp³-hybridized carbons (Fsp3) is 0.778. The Morgan fingerprint density at radius 3 is 3.00 bits per heavy atom. The van der Waals surface area contributed by atoms with Crippen LogP contribution in [0.5, 0.6) is 0 Å². The zero-order valence-electron chi connectivity index (χ0n) is 8.82. The van der Waals surface area contributed by atoms with Gasteiger partial charge in [-0.3, -0.25) is 4.90 Å². The zero-order valence-corrected chi connectivity index (χ0v) is 9.64. The number of nitrogens with zero attached hydrogens (tertiary/aromatic N) is 1. The highest BCUT2D eigenvalue weighted by Crippen LogP contribution is 2.26. The molecule has 1 aliphatic rings. The molecule has 1 heterocycles. The monoisotopic (exact) mass is 217 g/mol. The summed E-state index contributed by atoms with van der Waals surface area (Å²) in [5.74, 6) is 0. The van der Waals surface area contributed by atoms with Crippen molar-refractivity contribution in [3.8, 4) is 0 Å². The van der Waals surface area contributed by atoms with Gasteiger partial charge in [-0.15, -0.1) is 0 Å². The number of methoxy groups -OCH3 is 1. The van der Waals surface area contributed by atoms with Crippen molar-refractivity contribution in [1.82, 2.24) is 10.2 Å². The number of hydrogen-bond donors (Lipinski definition) is 2. The van der Waals surface area contributed by atoms with E-state index in [4.69, 9.17) is 10.5 Å². The van der Waals surface area contributed by atoms with Gasteiger partial charge in [0.05, 0.1) is 6.61 Å². The minimum Gasteiger partial charge on any atom is -0.383 e. The Hall–Kier alpha value is -0.230. The van der Waals surface area contributed by atoms with Gasteiger partial charge in [-0.1, -0.05) is 18.7 Å². The quantitative estimate of drug-likeness (QED) is 0.673. The van der Waals surface area contributed by atoms with Crippen LogP contribution >= 0.6 is 11.8 Å². The molecule has 0 radical (unpaired) electrons. The molecule has 0 spiro atoms. The SMILES string of the molecule is CCN(CCOC)C1NC=C(CN)S1. The van der Waals surface area contributed by atoms with Crippen molar-refractivity contribution in [1.29, 1.82) is 0 Å². The number of likely N-dealkylation sites (N-methyl/N-ethyl adjacent to an activating group) is 1. The number of nitrogens with one attached hydrogen (secondary N) is 1. The summed E-state index contributed by atoms with van der Waals surface area (Å²) in [6, 6.07) is 0. The van der Waals surface area contributed by atoms with Crippen LogP contribution < -0.4 is 11.1 Å². The molecule has 3 N–H and O–H groups in total. The fourth-order valence-electron chi connectivity index (χ4n) is 1.31. The van der Waals surface area contributed by atoms with E-state index in [1.54, 1.807) is 18.9 Å². The summed E-state index contributed by atoms with van der Waals surface area (Å²) >= 11 is 1.79. The number of nitrogens with two attached hydrogens (primary N) is 1. The first-order valence-corrected chi connectivity index (χ1v) is 5.74. The van der Waals surface area contributed by atoms with E-state index < -0.39 is 0 Å². The summed E-state index contributed by atoms with van der Waals surface area (Å²) in [6.07, 6.45) is 2.00. The van der Waals surface area contributed by atoms with Crippen molar-refractivity contribution in [2.24, 2.45) is 5.73 Å². The van der Waals surface area contributed by atoms with Crippen LogP contribution in [0.2, 0.25) is 0 Å². The van der Waals surface area contributed by atoms with E-state index in [-0.39, 0.29) is 0 Å². The fourth-order valence-corrected chi connectivity index (χ4v) is 2.37. The van der Waals surface area contributed by atoms with Gasteiger partial charge in [-0.05, 0) is 6.54 Å². The van der Waals surface area contributed by atoms with Gasteiger partial charge >= 0.3 is 0 Å². The van der Waals surface area contributed by atoms with Gasteiger partial charge in [0, 0.05) is 31.3 Å². The number of thioether (sulfide) groups is 1. The van der Waals surface area contributed by atoms with Crippen LogP contribution in [0.15, 0.2) is 11.1 Å². The maximum atomic E-state index is 5.57. The molecule has 0 fully saturated rings. The second-order valence-electron chi connectivity index (χ2n) is 3.07. The van der Waals surface area contributed by atoms with Gasteiger partial charge in [0.1, 0.15) is 5.50 Å². The molecule has 0 aliphatic carbocycles. The second kappa shape index (κ2) is 6.29. The van der Waals surface area contributed by atoms with Crippen LogP contribution in [0.4, 0.5) is 0 Å². The highest BCUT2D eigenvalue weighted by atomic mass is 32.2. The van der Waals surface area contributed by atoms with Crippen LogP contribution in [0.1, 0.15) is 6.92 Å². The topological polar surface area (TPSA) is 50.5 Å². The lowest BCUT2D eigenvalue weighted by Crippen LogP contribution is -2.40. The summed E-state index contributed by atoms with van der Waals surface area (Å²) in [7, 11) is 1.73. The third-order valence-corrected chi connectivity index (χ3v) is 3.42. The predicted molar refractivity (Wildman–Crippen MR) is 60.8 cm³/mol. The molecule has 1 aliphatic heterocycles. The average molecular weight is 217 g/mol. The standard InChI is InChI=1S/C9H19N3OS/c1-3-12(4-5-13-2)9-11-7-8(6-10)14-9/h7,9,11H,3-6,10H2,1-2H3. The van der Waals surface area contributed by atoms with Crippen molar-refractivity contribution < 1.29 is 4.74 Å². The van der Waals surface area contributed by atoms with Crippen molar-refractivity contribution in [2.75, 3.05) is 33.4 Å². The molecular formula is C9H19N3OS. The lowest BCUT2D eigenvalue weighted by molar-refractivity contribution is 0.141. The Kier molecular flexibility index (Phi) is 5.32. The Morgan fingerprint density at radius 1 is 1.71 bits per heavy atom. The van der Waals surface area contributed by atoms with Gasteiger partial charge in [0.25, 0.3) is 0 Å². The van der Waals surface area contributed by atoms with Crippen molar-refractivity contribution >= 4 is 11.8 Å². The van der Waals surface area contributed by atoms with Crippen molar-refractivity contribution in [3.63, 3.8) is 0 Å². The maximum absolute atomic E-state index is 5.57. The molecule has 0 saturated heterocycles. The molecule has 14 heavy (non-hydrogen) atoms. The van der Waals surface area contributed by atoms with Gasteiger partial charge in [0.2, 0.25) is 0 Å². The first-order chi connectivity index (χ1) is 6.81. The van der Waals surface area contributed by atoms with Crippen molar-refractivity contribution in [3.05, 3.63) is 11.1 Å². The molecule has 1 rings (SSSR count). The van der Waals surface area contributed by atoms with Crippen LogP contribution in [-0.2, 0) is 4.74 Å². The molecule has 82 valence electrons. The van der Waals surface area contributed by atoms with E-state index in [2.05, 4.69) is 17.1 Å². The molecular weight excluding hydrogens is 198 g/mol. The molecule has 0 bridgehead atoms. The lowest BCUT2D eigenvalue weighted by atomic mass is 10.5. The van der Waals surface area contributed by atoms with E-state index in [0.29, 0.717) is 12.0 Å². The second-order valence-corrected chi connectivity index (χ2v) is 4.28. The van der Waals surface area contributed by atoms with E-state index in [9.17, 15) is 0 Å². The van der Waals surface area contributed by atoms with Crippen LogP contribution in [0, 0.1) is 0 Å². The summed E-state index contributed by atoms with van der Waals surface area (Å²) in [6.45, 7) is 5.50. The van der Waals surface area contributed by atoms with Gasteiger partial charge in [-0.25, -0.2) is 0 Å². The Balaban J connectivity index is 2.33. The summed E-state index contributed by atoms with van der Waals surface area (Å²) < 4.78 is 5.07. The first-order valence-electron chi connectivity index (χ1n) is 4.86. The molecule has 0 aromatic rings. The minimum absolute atomic E-state index is 0.327. The number of hydrogen-bond acceptors (Lipinski definition) is 5. The summed E-state index contributed by atoms with van der Waals surface area (Å²) in [5, 5.41) is 3.31. The van der Waals surface area contributed by atoms with E-state index in [1.165, 1.54) is 4.91 Å². The van der Waals surface area contributed by atoms with Gasteiger partial charge < -0.3 is 15.8 Å². The molecule has 4 nitrogen and oxygen atoms in total. The third-order valence-electron chi connectivity index (χ3n) is 2.17. The predicted octanol–water partition coefficient (Wildman–Crippen LogP) is 0.375. The average Bonchev–Trinajstić information content (AvgIpc) is 2.68. The Morgan fingerprint density at radius 2 is 2.50 bits per heavy atom. The van der Waals surface area contributed by atoms with E-state index >= 15 is 0 Å².